The Balaban J connectivity index is 2.17. The molecule has 0 spiro atoms. The highest BCUT2D eigenvalue weighted by molar-refractivity contribution is 5.94. The highest BCUT2D eigenvalue weighted by atomic mass is 16.5. The lowest BCUT2D eigenvalue weighted by Crippen LogP contribution is -2.01. The summed E-state index contributed by atoms with van der Waals surface area (Å²) in [4.78, 5) is 15.7. The molecule has 3 rings (SSSR count). The van der Waals surface area contributed by atoms with E-state index in [0.717, 1.165) is 17.0 Å². The minimum absolute atomic E-state index is 0.0888. The number of ether oxygens (including phenoxy) is 1. The number of carboxylic acid groups (broad SMARTS) is 1. The van der Waals surface area contributed by atoms with Gasteiger partial charge in [0, 0.05) is 11.3 Å². The van der Waals surface area contributed by atoms with Crippen molar-refractivity contribution in [2.24, 2.45) is 0 Å². The molecule has 2 heterocycles. The first-order valence-electron chi connectivity index (χ1n) is 6.92. The summed E-state index contributed by atoms with van der Waals surface area (Å²) in [5.74, 6) is -0.284. The molecule has 0 atom stereocenters. The highest BCUT2D eigenvalue weighted by Gasteiger charge is 2.15. The summed E-state index contributed by atoms with van der Waals surface area (Å²) in [5, 5.41) is 13.3. The van der Waals surface area contributed by atoms with E-state index < -0.39 is 5.97 Å². The van der Waals surface area contributed by atoms with Gasteiger partial charge in [0.2, 0.25) is 0 Å². The summed E-state index contributed by atoms with van der Waals surface area (Å²) in [6, 6.07) is 9.43. The van der Waals surface area contributed by atoms with Gasteiger partial charge in [0.15, 0.2) is 5.65 Å². The number of rotatable bonds is 4. The van der Waals surface area contributed by atoms with Gasteiger partial charge in [-0.2, -0.15) is 5.10 Å². The lowest BCUT2D eigenvalue weighted by Gasteiger charge is -2.08. The van der Waals surface area contributed by atoms with E-state index >= 15 is 0 Å². The maximum Gasteiger partial charge on any atom is 0.341 e. The van der Waals surface area contributed by atoms with Crippen LogP contribution in [0.2, 0.25) is 0 Å². The number of hydrogen-bond acceptors (Lipinski definition) is 4. The van der Waals surface area contributed by atoms with E-state index in [2.05, 4.69) is 10.1 Å². The number of aromatic carboxylic acids is 1. The normalized spacial score (nSPS) is 10.8. The third-order valence-electron chi connectivity index (χ3n) is 3.32. The molecule has 0 amide bonds. The molecule has 0 unspecified atom stereocenters. The van der Waals surface area contributed by atoms with Gasteiger partial charge in [-0.1, -0.05) is 12.1 Å². The Morgan fingerprint density at radius 2 is 2.18 bits per heavy atom. The molecule has 6 nitrogen and oxygen atoms in total. The largest absolute Gasteiger partial charge is 0.494 e. The third-order valence-corrected chi connectivity index (χ3v) is 3.32. The zero-order chi connectivity index (χ0) is 15.7. The first-order valence-corrected chi connectivity index (χ1v) is 6.92. The topological polar surface area (TPSA) is 76.7 Å². The second-order valence-corrected chi connectivity index (χ2v) is 4.84. The predicted octanol–water partition coefficient (Wildman–Crippen LogP) is 2.80. The summed E-state index contributed by atoms with van der Waals surface area (Å²) in [7, 11) is 0. The lowest BCUT2D eigenvalue weighted by molar-refractivity contribution is 0.0699. The molecule has 22 heavy (non-hydrogen) atoms. The van der Waals surface area contributed by atoms with Gasteiger partial charge >= 0.3 is 5.97 Å². The van der Waals surface area contributed by atoms with Gasteiger partial charge in [-0.25, -0.2) is 14.3 Å². The standard InChI is InChI=1S/C16H15N3O3/c1-3-22-12-6-4-5-11(8-12)14-7-10(2)19-15(18-14)13(9-17-19)16(20)21/h4-9H,3H2,1-2H3,(H,20,21). The van der Waals surface area contributed by atoms with Crippen LogP contribution in [0, 0.1) is 6.92 Å². The molecule has 0 aliphatic heterocycles. The molecule has 0 fully saturated rings. The number of carboxylic acids is 1. The average molecular weight is 297 g/mol. The molecule has 1 aromatic carbocycles. The smallest absolute Gasteiger partial charge is 0.341 e. The zero-order valence-corrected chi connectivity index (χ0v) is 12.3. The molecule has 3 aromatic rings. The Labute approximate surface area is 127 Å². The fraction of sp³-hybridized carbons (Fsp3) is 0.188. The number of benzene rings is 1. The van der Waals surface area contributed by atoms with Crippen LogP contribution >= 0.6 is 0 Å². The van der Waals surface area contributed by atoms with Crippen LogP contribution in [-0.4, -0.2) is 32.3 Å². The molecule has 0 radical (unpaired) electrons. The quantitative estimate of drug-likeness (QED) is 0.801. The van der Waals surface area contributed by atoms with E-state index in [1.54, 1.807) is 0 Å². The van der Waals surface area contributed by atoms with Gasteiger partial charge in [0.1, 0.15) is 11.3 Å². The van der Waals surface area contributed by atoms with Crippen molar-refractivity contribution in [2.45, 2.75) is 13.8 Å². The van der Waals surface area contributed by atoms with Gasteiger partial charge in [-0.3, -0.25) is 0 Å². The fourth-order valence-corrected chi connectivity index (χ4v) is 2.32. The Kier molecular flexibility index (Phi) is 3.50. The summed E-state index contributed by atoms with van der Waals surface area (Å²) in [6.07, 6.45) is 1.32. The van der Waals surface area contributed by atoms with Crippen molar-refractivity contribution in [3.63, 3.8) is 0 Å². The van der Waals surface area contributed by atoms with Crippen LogP contribution in [0.25, 0.3) is 16.9 Å². The molecule has 0 saturated carbocycles. The SMILES string of the molecule is CCOc1cccc(-c2cc(C)n3ncc(C(=O)O)c3n2)c1. The number of nitrogens with zero attached hydrogens (tertiary/aromatic N) is 3. The fourth-order valence-electron chi connectivity index (χ4n) is 2.32. The zero-order valence-electron chi connectivity index (χ0n) is 12.3. The Hall–Kier alpha value is -2.89. The van der Waals surface area contributed by atoms with Gasteiger partial charge in [0.25, 0.3) is 0 Å². The first-order chi connectivity index (χ1) is 10.6. The lowest BCUT2D eigenvalue weighted by atomic mass is 10.1. The third kappa shape index (κ3) is 2.39. The van der Waals surface area contributed by atoms with E-state index in [1.807, 2.05) is 44.2 Å². The van der Waals surface area contributed by atoms with Crippen LogP contribution in [0.5, 0.6) is 5.75 Å². The monoisotopic (exact) mass is 297 g/mol. The molecule has 2 aromatic heterocycles. The Morgan fingerprint density at radius 3 is 2.91 bits per heavy atom. The minimum atomic E-state index is -1.04. The first kappa shape index (κ1) is 14.1. The summed E-state index contributed by atoms with van der Waals surface area (Å²) >= 11 is 0. The molecule has 6 heteroatoms. The van der Waals surface area contributed by atoms with Crippen LogP contribution in [0.1, 0.15) is 23.0 Å². The van der Waals surface area contributed by atoms with E-state index in [4.69, 9.17) is 4.74 Å². The van der Waals surface area contributed by atoms with E-state index in [0.29, 0.717) is 17.9 Å². The highest BCUT2D eigenvalue weighted by Crippen LogP contribution is 2.24. The van der Waals surface area contributed by atoms with Gasteiger partial charge in [-0.15, -0.1) is 0 Å². The molecule has 0 bridgehead atoms. The molecular formula is C16H15N3O3. The van der Waals surface area contributed by atoms with Gasteiger partial charge in [-0.05, 0) is 32.0 Å². The molecule has 0 aliphatic rings. The molecule has 0 aliphatic carbocycles. The van der Waals surface area contributed by atoms with Crippen molar-refractivity contribution in [2.75, 3.05) is 6.61 Å². The van der Waals surface area contributed by atoms with Gasteiger partial charge in [0.05, 0.1) is 18.5 Å². The van der Waals surface area contributed by atoms with Crippen LogP contribution in [0.4, 0.5) is 0 Å². The maximum atomic E-state index is 11.3. The van der Waals surface area contributed by atoms with Crippen LogP contribution in [0.15, 0.2) is 36.5 Å². The summed E-state index contributed by atoms with van der Waals surface area (Å²) in [6.45, 7) is 4.37. The second kappa shape index (κ2) is 5.48. The summed E-state index contributed by atoms with van der Waals surface area (Å²) < 4.78 is 7.02. The Bertz CT molecular complexity index is 855. The van der Waals surface area contributed by atoms with Crippen LogP contribution < -0.4 is 4.74 Å². The van der Waals surface area contributed by atoms with E-state index in [-0.39, 0.29) is 5.56 Å². The number of carbonyl (C=O) groups is 1. The number of hydrogen-bond donors (Lipinski definition) is 1. The predicted molar refractivity (Wildman–Crippen MR) is 81.3 cm³/mol. The maximum absolute atomic E-state index is 11.3. The van der Waals surface area contributed by atoms with Crippen molar-refractivity contribution in [1.82, 2.24) is 14.6 Å². The van der Waals surface area contributed by atoms with Crippen LogP contribution in [-0.2, 0) is 0 Å². The minimum Gasteiger partial charge on any atom is -0.494 e. The van der Waals surface area contributed by atoms with Crippen LogP contribution in [0.3, 0.4) is 0 Å². The van der Waals surface area contributed by atoms with Crippen molar-refractivity contribution in [3.8, 4) is 17.0 Å². The number of fused-ring (bicyclic) bond motifs is 1. The van der Waals surface area contributed by atoms with Gasteiger partial charge < -0.3 is 9.84 Å². The van der Waals surface area contributed by atoms with E-state index in [9.17, 15) is 9.90 Å². The van der Waals surface area contributed by atoms with Crippen molar-refractivity contribution in [1.29, 1.82) is 0 Å². The summed E-state index contributed by atoms with van der Waals surface area (Å²) in [5.41, 5.74) is 2.80. The Morgan fingerprint density at radius 1 is 1.36 bits per heavy atom. The van der Waals surface area contributed by atoms with Crippen molar-refractivity contribution in [3.05, 3.63) is 47.8 Å². The number of aromatic nitrogens is 3. The van der Waals surface area contributed by atoms with Crippen molar-refractivity contribution < 1.29 is 14.6 Å². The number of aryl methyl sites for hydroxylation is 1. The molecule has 112 valence electrons. The molecule has 1 N–H and O–H groups in total. The average Bonchev–Trinajstić information content (AvgIpc) is 2.92. The second-order valence-electron chi connectivity index (χ2n) is 4.84. The molecule has 0 saturated heterocycles. The molecular weight excluding hydrogens is 282 g/mol. The van der Waals surface area contributed by atoms with E-state index in [1.165, 1.54) is 10.7 Å². The van der Waals surface area contributed by atoms with Crippen molar-refractivity contribution >= 4 is 11.6 Å².